The van der Waals surface area contributed by atoms with E-state index in [1.807, 2.05) is 18.4 Å². The van der Waals surface area contributed by atoms with E-state index in [0.29, 0.717) is 6.54 Å². The normalized spacial score (nSPS) is 17.5. The van der Waals surface area contributed by atoms with Gasteiger partial charge in [0.05, 0.1) is 5.41 Å². The van der Waals surface area contributed by atoms with Crippen LogP contribution in [0.2, 0.25) is 0 Å². The highest BCUT2D eigenvalue weighted by molar-refractivity contribution is 5.75. The Bertz CT molecular complexity index is 486. The first-order valence-electron chi connectivity index (χ1n) is 5.86. The van der Waals surface area contributed by atoms with Gasteiger partial charge in [-0.2, -0.15) is 0 Å². The van der Waals surface area contributed by atoms with Crippen LogP contribution in [0.15, 0.2) is 16.9 Å². The lowest BCUT2D eigenvalue weighted by Crippen LogP contribution is -2.42. The van der Waals surface area contributed by atoms with E-state index >= 15 is 0 Å². The van der Waals surface area contributed by atoms with Crippen LogP contribution in [-0.2, 0) is 11.3 Å². The Kier molecular flexibility index (Phi) is 2.81. The van der Waals surface area contributed by atoms with E-state index in [1.54, 1.807) is 12.1 Å². The number of hydrogen-bond acceptors (Lipinski definition) is 2. The summed E-state index contributed by atoms with van der Waals surface area (Å²) >= 11 is 0. The number of carboxylic acids is 1. The van der Waals surface area contributed by atoms with Gasteiger partial charge in [-0.05, 0) is 26.7 Å². The molecule has 1 aliphatic carbocycles. The SMILES string of the molecule is Cc1cc(=O)cc(C)n1CC1(C(=O)O)CCC1. The molecular weight excluding hydrogens is 218 g/mol. The molecule has 17 heavy (non-hydrogen) atoms. The Hall–Kier alpha value is -1.58. The van der Waals surface area contributed by atoms with Gasteiger partial charge in [0.2, 0.25) is 0 Å². The van der Waals surface area contributed by atoms with Crippen LogP contribution in [0.1, 0.15) is 30.7 Å². The fourth-order valence-electron chi connectivity index (χ4n) is 2.48. The molecule has 0 aliphatic heterocycles. The van der Waals surface area contributed by atoms with Gasteiger partial charge in [-0.1, -0.05) is 6.42 Å². The molecule has 1 heterocycles. The Balaban J connectivity index is 2.36. The monoisotopic (exact) mass is 235 g/mol. The van der Waals surface area contributed by atoms with Crippen LogP contribution in [0, 0.1) is 19.3 Å². The number of aryl methyl sites for hydroxylation is 2. The van der Waals surface area contributed by atoms with Crippen molar-refractivity contribution in [2.45, 2.75) is 39.7 Å². The molecule has 92 valence electrons. The molecule has 0 spiro atoms. The maximum Gasteiger partial charge on any atom is 0.311 e. The molecule has 0 unspecified atom stereocenters. The second-order valence-electron chi connectivity index (χ2n) is 5.00. The van der Waals surface area contributed by atoms with Crippen molar-refractivity contribution in [3.63, 3.8) is 0 Å². The molecule has 1 aromatic rings. The van der Waals surface area contributed by atoms with E-state index in [1.165, 1.54) is 0 Å². The van der Waals surface area contributed by atoms with Gasteiger partial charge in [0, 0.05) is 30.1 Å². The highest BCUT2D eigenvalue weighted by atomic mass is 16.4. The summed E-state index contributed by atoms with van der Waals surface area (Å²) in [6.07, 6.45) is 2.44. The second kappa shape index (κ2) is 4.02. The first-order valence-corrected chi connectivity index (χ1v) is 5.86. The summed E-state index contributed by atoms with van der Waals surface area (Å²) in [6.45, 7) is 4.17. The van der Waals surface area contributed by atoms with E-state index in [-0.39, 0.29) is 5.43 Å². The van der Waals surface area contributed by atoms with Crippen LogP contribution >= 0.6 is 0 Å². The van der Waals surface area contributed by atoms with E-state index < -0.39 is 11.4 Å². The van der Waals surface area contributed by atoms with Gasteiger partial charge < -0.3 is 9.67 Å². The average molecular weight is 235 g/mol. The van der Waals surface area contributed by atoms with Gasteiger partial charge >= 0.3 is 5.97 Å². The predicted molar refractivity (Wildman–Crippen MR) is 64.1 cm³/mol. The van der Waals surface area contributed by atoms with Gasteiger partial charge in [0.25, 0.3) is 0 Å². The maximum absolute atomic E-state index is 11.3. The van der Waals surface area contributed by atoms with Crippen molar-refractivity contribution < 1.29 is 9.90 Å². The first kappa shape index (κ1) is 11.9. The highest BCUT2D eigenvalue weighted by Crippen LogP contribution is 2.42. The molecule has 0 bridgehead atoms. The highest BCUT2D eigenvalue weighted by Gasteiger charge is 2.44. The van der Waals surface area contributed by atoms with Gasteiger partial charge in [-0.15, -0.1) is 0 Å². The minimum Gasteiger partial charge on any atom is -0.481 e. The number of nitrogens with zero attached hydrogens (tertiary/aromatic N) is 1. The summed E-state index contributed by atoms with van der Waals surface area (Å²) in [5.74, 6) is -0.721. The summed E-state index contributed by atoms with van der Waals surface area (Å²) in [6, 6.07) is 3.11. The third-order valence-corrected chi connectivity index (χ3v) is 3.78. The Morgan fingerprint density at radius 2 is 1.88 bits per heavy atom. The number of pyridine rings is 1. The molecular formula is C13H17NO3. The second-order valence-corrected chi connectivity index (χ2v) is 5.00. The van der Waals surface area contributed by atoms with Gasteiger partial charge in [-0.3, -0.25) is 9.59 Å². The van der Waals surface area contributed by atoms with E-state index in [0.717, 1.165) is 30.7 Å². The number of hydrogen-bond donors (Lipinski definition) is 1. The van der Waals surface area contributed by atoms with Crippen LogP contribution in [0.25, 0.3) is 0 Å². The number of rotatable bonds is 3. The zero-order chi connectivity index (χ0) is 12.6. The molecule has 0 saturated heterocycles. The van der Waals surface area contributed by atoms with Gasteiger partial charge in [0.1, 0.15) is 0 Å². The molecule has 4 nitrogen and oxygen atoms in total. The van der Waals surface area contributed by atoms with E-state index in [2.05, 4.69) is 0 Å². The quantitative estimate of drug-likeness (QED) is 0.867. The number of aromatic nitrogens is 1. The van der Waals surface area contributed by atoms with Crippen molar-refractivity contribution in [2.24, 2.45) is 5.41 Å². The van der Waals surface area contributed by atoms with Crippen molar-refractivity contribution in [2.75, 3.05) is 0 Å². The molecule has 1 saturated carbocycles. The van der Waals surface area contributed by atoms with E-state index in [9.17, 15) is 14.7 Å². The molecule has 0 aromatic carbocycles. The predicted octanol–water partition coefficient (Wildman–Crippen LogP) is 1.72. The molecule has 4 heteroatoms. The topological polar surface area (TPSA) is 59.3 Å². The van der Waals surface area contributed by atoms with Crippen molar-refractivity contribution in [1.29, 1.82) is 0 Å². The third kappa shape index (κ3) is 1.99. The minimum absolute atomic E-state index is 0.0192. The molecule has 1 fully saturated rings. The van der Waals surface area contributed by atoms with Crippen molar-refractivity contribution in [1.82, 2.24) is 4.57 Å². The molecule has 2 rings (SSSR count). The molecule has 0 amide bonds. The van der Waals surface area contributed by atoms with Gasteiger partial charge in [-0.25, -0.2) is 0 Å². The summed E-state index contributed by atoms with van der Waals surface area (Å²) < 4.78 is 1.94. The summed E-state index contributed by atoms with van der Waals surface area (Å²) in [4.78, 5) is 22.6. The average Bonchev–Trinajstić information content (AvgIpc) is 2.13. The Morgan fingerprint density at radius 1 is 1.35 bits per heavy atom. The first-order chi connectivity index (χ1) is 7.94. The lowest BCUT2D eigenvalue weighted by atomic mass is 9.68. The Labute approximate surface area is 99.9 Å². The summed E-state index contributed by atoms with van der Waals surface area (Å²) in [7, 11) is 0. The lowest BCUT2D eigenvalue weighted by molar-refractivity contribution is -0.155. The number of carboxylic acid groups (broad SMARTS) is 1. The summed E-state index contributed by atoms with van der Waals surface area (Å²) in [5.41, 5.74) is 1.03. The minimum atomic E-state index is -0.721. The van der Waals surface area contributed by atoms with Crippen LogP contribution in [0.5, 0.6) is 0 Å². The van der Waals surface area contributed by atoms with Crippen LogP contribution in [-0.4, -0.2) is 15.6 Å². The number of aliphatic carboxylic acids is 1. The zero-order valence-electron chi connectivity index (χ0n) is 10.2. The van der Waals surface area contributed by atoms with Crippen LogP contribution in [0.4, 0.5) is 0 Å². The van der Waals surface area contributed by atoms with Crippen molar-refractivity contribution >= 4 is 5.97 Å². The van der Waals surface area contributed by atoms with E-state index in [4.69, 9.17) is 0 Å². The van der Waals surface area contributed by atoms with Crippen molar-refractivity contribution in [3.05, 3.63) is 33.7 Å². The molecule has 1 N–H and O–H groups in total. The number of carbonyl (C=O) groups is 1. The standard InChI is InChI=1S/C13H17NO3/c1-9-6-11(15)7-10(2)14(9)8-13(12(16)17)4-3-5-13/h6-7H,3-5,8H2,1-2H3,(H,16,17). The third-order valence-electron chi connectivity index (χ3n) is 3.78. The Morgan fingerprint density at radius 3 is 2.24 bits per heavy atom. The molecule has 0 radical (unpaired) electrons. The lowest BCUT2D eigenvalue weighted by Gasteiger charge is -2.39. The van der Waals surface area contributed by atoms with Gasteiger partial charge in [0.15, 0.2) is 5.43 Å². The molecule has 1 aliphatic rings. The molecule has 0 atom stereocenters. The van der Waals surface area contributed by atoms with Crippen molar-refractivity contribution in [3.8, 4) is 0 Å². The molecule has 1 aromatic heterocycles. The zero-order valence-corrected chi connectivity index (χ0v) is 10.2. The largest absolute Gasteiger partial charge is 0.481 e. The smallest absolute Gasteiger partial charge is 0.311 e. The van der Waals surface area contributed by atoms with Crippen LogP contribution in [0.3, 0.4) is 0 Å². The maximum atomic E-state index is 11.3. The van der Waals surface area contributed by atoms with Crippen LogP contribution < -0.4 is 5.43 Å². The fraction of sp³-hybridized carbons (Fsp3) is 0.538. The summed E-state index contributed by atoms with van der Waals surface area (Å²) in [5, 5.41) is 9.31. The fourth-order valence-corrected chi connectivity index (χ4v) is 2.48.